The smallest absolute Gasteiger partial charge is 0.262 e. The summed E-state index contributed by atoms with van der Waals surface area (Å²) in [6, 6.07) is 12.5. The van der Waals surface area contributed by atoms with E-state index in [1.807, 2.05) is 0 Å². The third-order valence-corrected chi connectivity index (χ3v) is 6.11. The van der Waals surface area contributed by atoms with Gasteiger partial charge in [0.15, 0.2) is 9.84 Å². The van der Waals surface area contributed by atoms with Crippen LogP contribution >= 0.6 is 0 Å². The molecule has 0 radical (unpaired) electrons. The summed E-state index contributed by atoms with van der Waals surface area (Å²) >= 11 is 0. The van der Waals surface area contributed by atoms with Gasteiger partial charge in [0, 0.05) is 24.3 Å². The molecule has 0 aliphatic carbocycles. The summed E-state index contributed by atoms with van der Waals surface area (Å²) in [6.07, 6.45) is 4.45. The molecule has 0 amide bonds. The van der Waals surface area contributed by atoms with E-state index in [9.17, 15) is 21.2 Å². The molecule has 2 aromatic carbocycles. The number of benzene rings is 2. The summed E-state index contributed by atoms with van der Waals surface area (Å²) in [6.45, 7) is 0. The van der Waals surface area contributed by atoms with Crippen molar-refractivity contribution in [3.8, 4) is 5.69 Å². The number of sulfone groups is 1. The van der Waals surface area contributed by atoms with Gasteiger partial charge in [-0.3, -0.25) is 4.72 Å². The number of rotatable bonds is 5. The standard InChI is InChI=1S/C17H15FN2O4S2/c1-25(21,22)14-5-4-6-15(12-14)26(23,24)19-17-11-13(7-8-16(17)18)20-9-2-3-10-20/h2-12,19H,1H3. The molecular formula is C17H15FN2O4S2. The zero-order valence-corrected chi connectivity index (χ0v) is 15.3. The molecule has 0 saturated carbocycles. The minimum atomic E-state index is -4.17. The fourth-order valence-corrected chi connectivity index (χ4v) is 4.18. The van der Waals surface area contributed by atoms with Crippen LogP contribution in [0.4, 0.5) is 10.1 Å². The van der Waals surface area contributed by atoms with Crippen LogP contribution in [0.15, 0.2) is 76.8 Å². The molecule has 0 aliphatic heterocycles. The fraction of sp³-hybridized carbons (Fsp3) is 0.0588. The molecule has 136 valence electrons. The van der Waals surface area contributed by atoms with E-state index in [0.717, 1.165) is 18.4 Å². The van der Waals surface area contributed by atoms with Gasteiger partial charge in [0.1, 0.15) is 5.82 Å². The van der Waals surface area contributed by atoms with Crippen LogP contribution in [0.2, 0.25) is 0 Å². The Kier molecular flexibility index (Phi) is 4.59. The van der Waals surface area contributed by atoms with E-state index in [1.165, 1.54) is 30.3 Å². The highest BCUT2D eigenvalue weighted by atomic mass is 32.2. The first-order valence-corrected chi connectivity index (χ1v) is 10.8. The fourth-order valence-electron chi connectivity index (χ4n) is 2.33. The first-order valence-electron chi connectivity index (χ1n) is 7.43. The number of nitrogens with zero attached hydrogens (tertiary/aromatic N) is 1. The van der Waals surface area contributed by atoms with E-state index < -0.39 is 25.7 Å². The SMILES string of the molecule is CS(=O)(=O)c1cccc(S(=O)(=O)Nc2cc(-n3cccc3)ccc2F)c1. The topological polar surface area (TPSA) is 85.2 Å². The lowest BCUT2D eigenvalue weighted by Crippen LogP contribution is -2.15. The molecule has 0 unspecified atom stereocenters. The normalized spacial score (nSPS) is 12.1. The van der Waals surface area contributed by atoms with Gasteiger partial charge in [0.05, 0.1) is 15.5 Å². The van der Waals surface area contributed by atoms with Gasteiger partial charge in [0.25, 0.3) is 10.0 Å². The van der Waals surface area contributed by atoms with Crippen LogP contribution in [-0.4, -0.2) is 27.7 Å². The highest BCUT2D eigenvalue weighted by Crippen LogP contribution is 2.23. The van der Waals surface area contributed by atoms with Crippen molar-refractivity contribution in [3.05, 3.63) is 72.8 Å². The molecule has 0 saturated heterocycles. The Morgan fingerprint density at radius 1 is 0.885 bits per heavy atom. The second-order valence-electron chi connectivity index (χ2n) is 5.61. The van der Waals surface area contributed by atoms with Gasteiger partial charge >= 0.3 is 0 Å². The molecule has 0 aliphatic rings. The van der Waals surface area contributed by atoms with E-state index in [-0.39, 0.29) is 15.5 Å². The van der Waals surface area contributed by atoms with Crippen molar-refractivity contribution >= 4 is 25.5 Å². The van der Waals surface area contributed by atoms with Gasteiger partial charge in [-0.25, -0.2) is 21.2 Å². The maximum absolute atomic E-state index is 14.1. The van der Waals surface area contributed by atoms with Crippen LogP contribution in [0.3, 0.4) is 0 Å². The minimum Gasteiger partial charge on any atom is -0.324 e. The number of aromatic nitrogens is 1. The maximum Gasteiger partial charge on any atom is 0.262 e. The van der Waals surface area contributed by atoms with Crippen LogP contribution in [0.25, 0.3) is 5.69 Å². The molecule has 3 aromatic rings. The zero-order valence-electron chi connectivity index (χ0n) is 13.6. The number of anilines is 1. The first-order chi connectivity index (χ1) is 12.2. The second-order valence-corrected chi connectivity index (χ2v) is 9.31. The van der Waals surface area contributed by atoms with Crippen molar-refractivity contribution < 1.29 is 21.2 Å². The number of nitrogens with one attached hydrogen (secondary N) is 1. The first kappa shape index (κ1) is 18.2. The molecule has 0 spiro atoms. The van der Waals surface area contributed by atoms with Gasteiger partial charge in [-0.15, -0.1) is 0 Å². The lowest BCUT2D eigenvalue weighted by molar-refractivity contribution is 0.597. The molecular weight excluding hydrogens is 379 g/mol. The summed E-state index contributed by atoms with van der Waals surface area (Å²) < 4.78 is 66.3. The molecule has 0 bridgehead atoms. The van der Waals surface area contributed by atoms with E-state index in [1.54, 1.807) is 29.1 Å². The summed E-state index contributed by atoms with van der Waals surface area (Å²) in [5.41, 5.74) is 0.333. The molecule has 1 aromatic heterocycles. The summed E-state index contributed by atoms with van der Waals surface area (Å²) in [7, 11) is -7.74. The molecule has 6 nitrogen and oxygen atoms in total. The number of hydrogen-bond donors (Lipinski definition) is 1. The minimum absolute atomic E-state index is 0.137. The van der Waals surface area contributed by atoms with Crippen LogP contribution in [-0.2, 0) is 19.9 Å². The van der Waals surface area contributed by atoms with Crippen molar-refractivity contribution in [1.29, 1.82) is 0 Å². The molecule has 1 heterocycles. The molecule has 9 heteroatoms. The van der Waals surface area contributed by atoms with Gasteiger partial charge < -0.3 is 4.57 Å². The van der Waals surface area contributed by atoms with Crippen molar-refractivity contribution in [3.63, 3.8) is 0 Å². The summed E-state index contributed by atoms with van der Waals surface area (Å²) in [5.74, 6) is -0.747. The molecule has 0 atom stereocenters. The van der Waals surface area contributed by atoms with Gasteiger partial charge in [0.2, 0.25) is 0 Å². The van der Waals surface area contributed by atoms with Crippen LogP contribution in [0, 0.1) is 5.82 Å². The van der Waals surface area contributed by atoms with E-state index in [0.29, 0.717) is 5.69 Å². The van der Waals surface area contributed by atoms with Crippen molar-refractivity contribution in [2.45, 2.75) is 9.79 Å². The van der Waals surface area contributed by atoms with Gasteiger partial charge in [-0.1, -0.05) is 6.07 Å². The van der Waals surface area contributed by atoms with Gasteiger partial charge in [-0.05, 0) is 48.5 Å². The molecule has 26 heavy (non-hydrogen) atoms. The predicted molar refractivity (Wildman–Crippen MR) is 96.1 cm³/mol. The summed E-state index contributed by atoms with van der Waals surface area (Å²) in [5, 5.41) is 0. The van der Waals surface area contributed by atoms with Crippen LogP contribution in [0.1, 0.15) is 0 Å². The molecule has 0 fully saturated rings. The molecule has 3 rings (SSSR count). The van der Waals surface area contributed by atoms with E-state index >= 15 is 0 Å². The average molecular weight is 394 g/mol. The predicted octanol–water partition coefficient (Wildman–Crippen LogP) is 2.82. The Balaban J connectivity index is 1.99. The number of sulfonamides is 1. The van der Waals surface area contributed by atoms with E-state index in [2.05, 4.69) is 4.72 Å². The monoisotopic (exact) mass is 394 g/mol. The second kappa shape index (κ2) is 6.58. The van der Waals surface area contributed by atoms with Gasteiger partial charge in [-0.2, -0.15) is 0 Å². The Labute approximate surface area is 150 Å². The Hall–Kier alpha value is -2.65. The van der Waals surface area contributed by atoms with Crippen LogP contribution < -0.4 is 4.72 Å². The quantitative estimate of drug-likeness (QED) is 0.721. The van der Waals surface area contributed by atoms with E-state index in [4.69, 9.17) is 0 Å². The maximum atomic E-state index is 14.1. The van der Waals surface area contributed by atoms with Crippen LogP contribution in [0.5, 0.6) is 0 Å². The third-order valence-electron chi connectivity index (χ3n) is 3.64. The highest BCUT2D eigenvalue weighted by Gasteiger charge is 2.19. The Bertz CT molecular complexity index is 1160. The highest BCUT2D eigenvalue weighted by molar-refractivity contribution is 7.93. The number of hydrogen-bond acceptors (Lipinski definition) is 4. The average Bonchev–Trinajstić information content (AvgIpc) is 3.10. The molecule has 1 N–H and O–H groups in total. The number of halogens is 1. The van der Waals surface area contributed by atoms with Crippen molar-refractivity contribution in [2.75, 3.05) is 11.0 Å². The summed E-state index contributed by atoms with van der Waals surface area (Å²) in [4.78, 5) is -0.409. The Morgan fingerprint density at radius 2 is 1.54 bits per heavy atom. The van der Waals surface area contributed by atoms with Crippen molar-refractivity contribution in [2.24, 2.45) is 0 Å². The lowest BCUT2D eigenvalue weighted by atomic mass is 10.2. The zero-order chi connectivity index (χ0) is 18.9. The largest absolute Gasteiger partial charge is 0.324 e. The lowest BCUT2D eigenvalue weighted by Gasteiger charge is -2.12. The Morgan fingerprint density at radius 3 is 2.19 bits per heavy atom. The van der Waals surface area contributed by atoms with Crippen molar-refractivity contribution in [1.82, 2.24) is 4.57 Å². The third kappa shape index (κ3) is 3.78.